The zero-order valence-electron chi connectivity index (χ0n) is 22.9. The Bertz CT molecular complexity index is 1690. The van der Waals surface area contributed by atoms with Gasteiger partial charge in [0.15, 0.2) is 16.3 Å². The third-order valence-corrected chi connectivity index (χ3v) is 7.35. The highest BCUT2D eigenvalue weighted by molar-refractivity contribution is 9.10. The van der Waals surface area contributed by atoms with Crippen molar-refractivity contribution in [3.05, 3.63) is 83.0 Å². The van der Waals surface area contributed by atoms with Crippen molar-refractivity contribution in [3.8, 4) is 17.2 Å². The van der Waals surface area contributed by atoms with E-state index in [0.29, 0.717) is 50.0 Å². The second-order valence-corrected chi connectivity index (χ2v) is 11.1. The van der Waals surface area contributed by atoms with Crippen LogP contribution in [0.15, 0.2) is 61.9 Å². The van der Waals surface area contributed by atoms with Gasteiger partial charge in [-0.25, -0.2) is 9.79 Å². The van der Waals surface area contributed by atoms with Gasteiger partial charge >= 0.3 is 11.9 Å². The molecule has 0 radical (unpaired) electrons. The smallest absolute Gasteiger partial charge is 0.338 e. The highest BCUT2D eigenvalue weighted by Crippen LogP contribution is 2.38. The molecule has 11 heteroatoms. The van der Waals surface area contributed by atoms with Crippen molar-refractivity contribution in [2.75, 3.05) is 13.7 Å². The number of carbonyl (C=O) groups is 2. The standard InChI is InChI=1S/C29H29BrN2O7S/c1-7-37-23-12-18(8-10-22(23)39-17(5)33)13-24-27(34)32-26(20-14-19(30)9-11-21(20)38-15(2)3)25(28(35)36-6)16(4)31-29(32)40-24/h8-15,26H,7H2,1-6H3/b24-13-/t26-/m1/s1. The van der Waals surface area contributed by atoms with Crippen LogP contribution < -0.4 is 29.1 Å². The molecule has 2 heterocycles. The molecule has 3 aromatic rings. The van der Waals surface area contributed by atoms with E-state index in [4.69, 9.17) is 18.9 Å². The Morgan fingerprint density at radius 3 is 2.52 bits per heavy atom. The maximum Gasteiger partial charge on any atom is 0.338 e. The number of allylic oxidation sites excluding steroid dienone is 1. The molecule has 9 nitrogen and oxygen atoms in total. The van der Waals surface area contributed by atoms with Gasteiger partial charge in [0.05, 0.1) is 35.6 Å². The molecule has 1 aliphatic heterocycles. The van der Waals surface area contributed by atoms with Crippen molar-refractivity contribution in [1.82, 2.24) is 4.57 Å². The van der Waals surface area contributed by atoms with E-state index in [9.17, 15) is 14.4 Å². The lowest BCUT2D eigenvalue weighted by Crippen LogP contribution is -2.40. The fourth-order valence-electron chi connectivity index (χ4n) is 4.35. The largest absolute Gasteiger partial charge is 0.491 e. The van der Waals surface area contributed by atoms with Crippen LogP contribution in [0.3, 0.4) is 0 Å². The number of aromatic nitrogens is 1. The van der Waals surface area contributed by atoms with Crippen molar-refractivity contribution in [1.29, 1.82) is 0 Å². The second-order valence-electron chi connectivity index (χ2n) is 9.15. The summed E-state index contributed by atoms with van der Waals surface area (Å²) in [7, 11) is 1.30. The zero-order valence-corrected chi connectivity index (χ0v) is 25.3. The first-order valence-corrected chi connectivity index (χ1v) is 14.2. The molecule has 0 spiro atoms. The van der Waals surface area contributed by atoms with Gasteiger partial charge in [0.1, 0.15) is 11.8 Å². The first kappa shape index (κ1) is 29.3. The molecule has 210 valence electrons. The van der Waals surface area contributed by atoms with Gasteiger partial charge < -0.3 is 18.9 Å². The Kier molecular flexibility index (Phi) is 8.95. The summed E-state index contributed by atoms with van der Waals surface area (Å²) in [4.78, 5) is 43.5. The Morgan fingerprint density at radius 1 is 1.15 bits per heavy atom. The maximum absolute atomic E-state index is 14.0. The number of halogens is 1. The van der Waals surface area contributed by atoms with Gasteiger partial charge in [0, 0.05) is 17.0 Å². The van der Waals surface area contributed by atoms with E-state index in [1.165, 1.54) is 29.9 Å². The molecule has 1 aliphatic rings. The zero-order chi connectivity index (χ0) is 29.1. The maximum atomic E-state index is 14.0. The van der Waals surface area contributed by atoms with Gasteiger partial charge in [-0.1, -0.05) is 33.3 Å². The number of ether oxygens (including phenoxy) is 4. The number of methoxy groups -OCH3 is 1. The molecule has 0 fully saturated rings. The summed E-state index contributed by atoms with van der Waals surface area (Å²) in [5.41, 5.74) is 1.65. The minimum atomic E-state index is -0.831. The number of carbonyl (C=O) groups excluding carboxylic acids is 2. The minimum absolute atomic E-state index is 0.142. The number of nitrogens with zero attached hydrogens (tertiary/aromatic N) is 2. The number of hydrogen-bond acceptors (Lipinski definition) is 9. The lowest BCUT2D eigenvalue weighted by molar-refractivity contribution is -0.136. The molecule has 0 bridgehead atoms. The van der Waals surface area contributed by atoms with Crippen molar-refractivity contribution in [2.45, 2.75) is 46.8 Å². The van der Waals surface area contributed by atoms with Gasteiger partial charge in [0.2, 0.25) is 0 Å². The van der Waals surface area contributed by atoms with Crippen LogP contribution >= 0.6 is 27.3 Å². The molecule has 2 aromatic carbocycles. The van der Waals surface area contributed by atoms with Crippen molar-refractivity contribution in [2.24, 2.45) is 4.99 Å². The van der Waals surface area contributed by atoms with Crippen LogP contribution in [0.5, 0.6) is 17.2 Å². The van der Waals surface area contributed by atoms with E-state index in [2.05, 4.69) is 20.9 Å². The van der Waals surface area contributed by atoms with Gasteiger partial charge in [-0.15, -0.1) is 0 Å². The summed E-state index contributed by atoms with van der Waals surface area (Å²) in [6, 6.07) is 9.70. The number of benzene rings is 2. The Morgan fingerprint density at radius 2 is 1.88 bits per heavy atom. The molecule has 0 aliphatic carbocycles. The Hall–Kier alpha value is -3.70. The Labute approximate surface area is 243 Å². The number of esters is 2. The average Bonchev–Trinajstić information content (AvgIpc) is 3.19. The number of fused-ring (bicyclic) bond motifs is 1. The van der Waals surface area contributed by atoms with Gasteiger partial charge in [-0.05, 0) is 69.7 Å². The van der Waals surface area contributed by atoms with Crippen LogP contribution in [-0.4, -0.2) is 36.3 Å². The minimum Gasteiger partial charge on any atom is -0.491 e. The molecule has 0 saturated heterocycles. The molecule has 40 heavy (non-hydrogen) atoms. The van der Waals surface area contributed by atoms with Crippen LogP contribution in [0, 0.1) is 0 Å². The average molecular weight is 630 g/mol. The fourth-order valence-corrected chi connectivity index (χ4v) is 5.78. The summed E-state index contributed by atoms with van der Waals surface area (Å²) >= 11 is 4.72. The van der Waals surface area contributed by atoms with Crippen molar-refractivity contribution >= 4 is 45.3 Å². The molecule has 0 unspecified atom stereocenters. The number of thiazole rings is 1. The number of rotatable bonds is 8. The SMILES string of the molecule is CCOc1cc(/C=c2\sc3n(c2=O)[C@H](c2cc(Br)ccc2OC(C)C)C(C(=O)OC)=C(C)N=3)ccc1OC(C)=O. The van der Waals surface area contributed by atoms with Crippen LogP contribution in [0.2, 0.25) is 0 Å². The third kappa shape index (κ3) is 6.05. The van der Waals surface area contributed by atoms with E-state index < -0.39 is 18.0 Å². The number of hydrogen-bond donors (Lipinski definition) is 0. The molecule has 0 amide bonds. The molecule has 4 rings (SSSR count). The van der Waals surface area contributed by atoms with Crippen LogP contribution in [0.1, 0.15) is 51.8 Å². The highest BCUT2D eigenvalue weighted by atomic mass is 79.9. The first-order chi connectivity index (χ1) is 19.0. The third-order valence-electron chi connectivity index (χ3n) is 5.88. The summed E-state index contributed by atoms with van der Waals surface area (Å²) in [5.74, 6) is 0.158. The van der Waals surface area contributed by atoms with E-state index in [0.717, 1.165) is 4.47 Å². The van der Waals surface area contributed by atoms with Crippen LogP contribution in [-0.2, 0) is 14.3 Å². The molecule has 1 aromatic heterocycles. The van der Waals surface area contributed by atoms with Crippen LogP contribution in [0.25, 0.3) is 6.08 Å². The highest BCUT2D eigenvalue weighted by Gasteiger charge is 2.35. The molecule has 0 N–H and O–H groups in total. The normalized spacial score (nSPS) is 15.0. The summed E-state index contributed by atoms with van der Waals surface area (Å²) in [6.45, 7) is 9.03. The summed E-state index contributed by atoms with van der Waals surface area (Å²) in [6.07, 6.45) is 1.57. The van der Waals surface area contributed by atoms with Crippen LogP contribution in [0.4, 0.5) is 0 Å². The van der Waals surface area contributed by atoms with Crippen molar-refractivity contribution in [3.63, 3.8) is 0 Å². The topological polar surface area (TPSA) is 105 Å². The van der Waals surface area contributed by atoms with Gasteiger partial charge in [-0.3, -0.25) is 14.2 Å². The summed E-state index contributed by atoms with van der Waals surface area (Å²) in [5, 5.41) is 0. The molecule has 1 atom stereocenters. The van der Waals surface area contributed by atoms with E-state index >= 15 is 0 Å². The monoisotopic (exact) mass is 628 g/mol. The second kappa shape index (κ2) is 12.2. The van der Waals surface area contributed by atoms with Gasteiger partial charge in [-0.2, -0.15) is 0 Å². The lowest BCUT2D eigenvalue weighted by atomic mass is 9.95. The van der Waals surface area contributed by atoms with Gasteiger partial charge in [0.25, 0.3) is 5.56 Å². The molecule has 0 saturated carbocycles. The predicted octanol–water partition coefficient (Wildman–Crippen LogP) is 4.28. The predicted molar refractivity (Wildman–Crippen MR) is 155 cm³/mol. The molecular weight excluding hydrogens is 600 g/mol. The van der Waals surface area contributed by atoms with E-state index in [1.807, 2.05) is 32.9 Å². The fraction of sp³-hybridized carbons (Fsp3) is 0.310. The summed E-state index contributed by atoms with van der Waals surface area (Å²) < 4.78 is 24.8. The quantitative estimate of drug-likeness (QED) is 0.271. The molecular formula is C29H29BrN2O7S. The van der Waals surface area contributed by atoms with E-state index in [1.54, 1.807) is 37.3 Å². The van der Waals surface area contributed by atoms with Crippen molar-refractivity contribution < 1.29 is 28.5 Å². The Balaban J connectivity index is 1.95. The lowest BCUT2D eigenvalue weighted by Gasteiger charge is -2.26. The van der Waals surface area contributed by atoms with E-state index in [-0.39, 0.29) is 17.2 Å². The first-order valence-electron chi connectivity index (χ1n) is 12.6.